The first-order valence-electron chi connectivity index (χ1n) is 10.6. The molecule has 1 N–H and O–H groups in total. The zero-order valence-electron chi connectivity index (χ0n) is 19.4. The second kappa shape index (κ2) is 11.7. The van der Waals surface area contributed by atoms with Crippen LogP contribution in [0.15, 0.2) is 36.4 Å². The molecule has 9 heteroatoms. The van der Waals surface area contributed by atoms with Crippen LogP contribution >= 0.6 is 12.2 Å². The maximum atomic E-state index is 11.7. The lowest BCUT2D eigenvalue weighted by Crippen LogP contribution is -2.47. The van der Waals surface area contributed by atoms with Crippen LogP contribution in [0, 0.1) is 0 Å². The smallest absolute Gasteiger partial charge is 0.337 e. The second-order valence-electron chi connectivity index (χ2n) is 7.42. The zero-order valence-corrected chi connectivity index (χ0v) is 20.2. The Morgan fingerprint density at radius 1 is 1.09 bits per heavy atom. The van der Waals surface area contributed by atoms with Gasteiger partial charge in [-0.3, -0.25) is 0 Å². The Bertz CT molecular complexity index is 966. The Labute approximate surface area is 199 Å². The fourth-order valence-corrected chi connectivity index (χ4v) is 4.11. The van der Waals surface area contributed by atoms with Crippen molar-refractivity contribution < 1.29 is 28.5 Å². The fourth-order valence-electron chi connectivity index (χ4n) is 3.79. The van der Waals surface area contributed by atoms with Gasteiger partial charge in [0.15, 0.2) is 16.6 Å². The van der Waals surface area contributed by atoms with Crippen LogP contribution in [0.4, 0.5) is 0 Å². The molecule has 0 aromatic heterocycles. The van der Waals surface area contributed by atoms with Crippen LogP contribution < -0.4 is 19.5 Å². The molecule has 8 nitrogen and oxygen atoms in total. The van der Waals surface area contributed by atoms with Crippen LogP contribution in [0.1, 0.15) is 27.5 Å². The molecule has 0 radical (unpaired) electrons. The van der Waals surface area contributed by atoms with Crippen LogP contribution in [0.25, 0.3) is 0 Å². The largest absolute Gasteiger partial charge is 0.493 e. The number of carbonyl (C=O) groups is 1. The van der Waals surface area contributed by atoms with Gasteiger partial charge in [0.2, 0.25) is 0 Å². The highest BCUT2D eigenvalue weighted by Gasteiger charge is 2.31. The number of methoxy groups -OCH3 is 4. The van der Waals surface area contributed by atoms with Gasteiger partial charge >= 0.3 is 5.97 Å². The number of carbonyl (C=O) groups excluding carboxylic acids is 1. The number of nitrogens with one attached hydrogen (secondary N) is 1. The van der Waals surface area contributed by atoms with Gasteiger partial charge in [-0.1, -0.05) is 0 Å². The number of benzene rings is 2. The van der Waals surface area contributed by atoms with Crippen molar-refractivity contribution in [3.8, 4) is 17.2 Å². The summed E-state index contributed by atoms with van der Waals surface area (Å²) < 4.78 is 27.0. The van der Waals surface area contributed by atoms with Crippen LogP contribution in [0.5, 0.6) is 17.2 Å². The molecule has 0 spiro atoms. The van der Waals surface area contributed by atoms with Crippen LogP contribution in [-0.4, -0.2) is 70.7 Å². The van der Waals surface area contributed by atoms with Crippen molar-refractivity contribution in [1.82, 2.24) is 10.2 Å². The molecule has 0 amide bonds. The summed E-state index contributed by atoms with van der Waals surface area (Å²) in [6.07, 6.45) is 0.812. The van der Waals surface area contributed by atoms with Gasteiger partial charge in [-0.25, -0.2) is 4.79 Å². The lowest BCUT2D eigenvalue weighted by molar-refractivity contribution is 0.0600. The number of thiocarbonyl (C=S) groups is 1. The number of fused-ring (bicyclic) bond motifs is 1. The van der Waals surface area contributed by atoms with Crippen molar-refractivity contribution in [2.45, 2.75) is 12.5 Å². The number of hydrogen-bond donors (Lipinski definition) is 1. The Hall–Kier alpha value is -3.04. The van der Waals surface area contributed by atoms with Crippen molar-refractivity contribution in [2.75, 3.05) is 54.7 Å². The minimum Gasteiger partial charge on any atom is -0.493 e. The standard InChI is InChI=1S/C24H30N2O6S/c1-28-12-10-25-24(33)26-11-9-17-13-21(29-2)22(30-3)14-19(17)20(26)15-32-18-7-5-16(6-8-18)23(27)31-4/h5-8,13-14,20H,9-12,15H2,1-4H3,(H,25,33). The normalized spacial score (nSPS) is 14.8. The highest BCUT2D eigenvalue weighted by molar-refractivity contribution is 7.80. The predicted octanol–water partition coefficient (Wildman–Crippen LogP) is 2.99. The second-order valence-corrected chi connectivity index (χ2v) is 7.80. The maximum absolute atomic E-state index is 11.7. The molecular weight excluding hydrogens is 444 g/mol. The minimum absolute atomic E-state index is 0.142. The van der Waals surface area contributed by atoms with Gasteiger partial charge in [0.1, 0.15) is 12.4 Å². The van der Waals surface area contributed by atoms with Crippen molar-refractivity contribution in [3.05, 3.63) is 53.1 Å². The molecule has 0 saturated heterocycles. The van der Waals surface area contributed by atoms with E-state index in [1.807, 2.05) is 12.1 Å². The van der Waals surface area contributed by atoms with Gasteiger partial charge in [-0.05, 0) is 66.2 Å². The number of rotatable bonds is 9. The molecule has 33 heavy (non-hydrogen) atoms. The molecule has 0 fully saturated rings. The summed E-state index contributed by atoms with van der Waals surface area (Å²) in [5.41, 5.74) is 2.70. The molecule has 1 atom stereocenters. The van der Waals surface area contributed by atoms with Gasteiger partial charge in [0.05, 0.1) is 39.5 Å². The summed E-state index contributed by atoms with van der Waals surface area (Å²) in [4.78, 5) is 13.8. The van der Waals surface area contributed by atoms with Crippen LogP contribution in [0.2, 0.25) is 0 Å². The summed E-state index contributed by atoms with van der Waals surface area (Å²) in [7, 11) is 6.27. The molecule has 0 bridgehead atoms. The van der Waals surface area contributed by atoms with E-state index in [0.717, 1.165) is 18.5 Å². The van der Waals surface area contributed by atoms with E-state index in [9.17, 15) is 4.79 Å². The number of hydrogen-bond acceptors (Lipinski definition) is 7. The number of ether oxygens (including phenoxy) is 5. The first-order valence-corrected chi connectivity index (χ1v) is 11.0. The topological polar surface area (TPSA) is 78.5 Å². The third kappa shape index (κ3) is 5.85. The number of esters is 1. The van der Waals surface area contributed by atoms with Crippen molar-refractivity contribution in [3.63, 3.8) is 0 Å². The summed E-state index contributed by atoms with van der Waals surface area (Å²) in [6, 6.07) is 10.7. The summed E-state index contributed by atoms with van der Waals surface area (Å²) >= 11 is 5.69. The first-order chi connectivity index (χ1) is 16.0. The van der Waals surface area contributed by atoms with Crippen molar-refractivity contribution in [1.29, 1.82) is 0 Å². The summed E-state index contributed by atoms with van der Waals surface area (Å²) in [5, 5.41) is 3.90. The lowest BCUT2D eigenvalue weighted by atomic mass is 9.92. The van der Waals surface area contributed by atoms with Crippen LogP contribution in [0.3, 0.4) is 0 Å². The molecule has 1 unspecified atom stereocenters. The summed E-state index contributed by atoms with van der Waals surface area (Å²) in [6.45, 7) is 2.26. The maximum Gasteiger partial charge on any atom is 0.337 e. The third-order valence-electron chi connectivity index (χ3n) is 5.53. The molecule has 2 aromatic rings. The molecule has 1 heterocycles. The SMILES string of the molecule is COCCNC(=S)N1CCc2cc(OC)c(OC)cc2C1COc1ccc(C(=O)OC)cc1. The van der Waals surface area contributed by atoms with Crippen molar-refractivity contribution >= 4 is 23.3 Å². The van der Waals surface area contributed by atoms with E-state index >= 15 is 0 Å². The van der Waals surface area contributed by atoms with E-state index in [1.54, 1.807) is 45.6 Å². The highest BCUT2D eigenvalue weighted by Crippen LogP contribution is 2.38. The Morgan fingerprint density at radius 3 is 2.42 bits per heavy atom. The Kier molecular flexibility index (Phi) is 8.73. The average Bonchev–Trinajstić information content (AvgIpc) is 2.86. The quantitative estimate of drug-likeness (QED) is 0.335. The molecule has 3 rings (SSSR count). The lowest BCUT2D eigenvalue weighted by Gasteiger charge is -2.39. The monoisotopic (exact) mass is 474 g/mol. The molecule has 178 valence electrons. The van der Waals surface area contributed by atoms with Gasteiger partial charge < -0.3 is 33.9 Å². The van der Waals surface area contributed by atoms with E-state index in [-0.39, 0.29) is 12.0 Å². The van der Waals surface area contributed by atoms with E-state index < -0.39 is 0 Å². The molecular formula is C24H30N2O6S. The first kappa shape index (κ1) is 24.6. The summed E-state index contributed by atoms with van der Waals surface area (Å²) in [5.74, 6) is 1.61. The van der Waals surface area contributed by atoms with Gasteiger partial charge in [0, 0.05) is 20.2 Å². The minimum atomic E-state index is -0.387. The zero-order chi connectivity index (χ0) is 23.8. The molecule has 1 aliphatic heterocycles. The third-order valence-corrected chi connectivity index (χ3v) is 5.91. The van der Waals surface area contributed by atoms with E-state index in [4.69, 9.17) is 35.9 Å². The van der Waals surface area contributed by atoms with Crippen molar-refractivity contribution in [2.24, 2.45) is 0 Å². The molecule has 0 saturated carbocycles. The molecule has 0 aliphatic carbocycles. The molecule has 1 aliphatic rings. The van der Waals surface area contributed by atoms with E-state index in [1.165, 1.54) is 12.7 Å². The Balaban J connectivity index is 1.85. The van der Waals surface area contributed by atoms with Gasteiger partial charge in [-0.15, -0.1) is 0 Å². The average molecular weight is 475 g/mol. The fraction of sp³-hybridized carbons (Fsp3) is 0.417. The highest BCUT2D eigenvalue weighted by atomic mass is 32.1. The van der Waals surface area contributed by atoms with E-state index in [0.29, 0.717) is 47.7 Å². The number of nitrogens with zero attached hydrogens (tertiary/aromatic N) is 1. The van der Waals surface area contributed by atoms with Gasteiger partial charge in [0.25, 0.3) is 0 Å². The van der Waals surface area contributed by atoms with Gasteiger partial charge in [-0.2, -0.15) is 0 Å². The molecule has 2 aromatic carbocycles. The Morgan fingerprint density at radius 2 is 1.79 bits per heavy atom. The predicted molar refractivity (Wildman–Crippen MR) is 128 cm³/mol. The van der Waals surface area contributed by atoms with Crippen LogP contribution in [-0.2, 0) is 15.9 Å². The van der Waals surface area contributed by atoms with E-state index in [2.05, 4.69) is 10.2 Å².